The van der Waals surface area contributed by atoms with Crippen molar-refractivity contribution in [3.8, 4) is 5.75 Å². The van der Waals surface area contributed by atoms with Crippen LogP contribution >= 0.6 is 0 Å². The number of nitrogens with zero attached hydrogens (tertiary/aromatic N) is 4. The van der Waals surface area contributed by atoms with Crippen molar-refractivity contribution in [2.24, 2.45) is 4.99 Å². The standard InChI is InChI=1S/C27H33FN4O2/c1-20(2)34-24-10-5-7-21(17-24)19-30-15-11-27(12-16-30)25(31-13-3-4-14-31)29-26(33)32(27)23-9-6-8-22(28)18-23/h5-10,17-18,20H,3-4,11-16,19H2,1-2H3. The Balaban J connectivity index is 1.37. The van der Waals surface area contributed by atoms with Gasteiger partial charge in [-0.2, -0.15) is 4.99 Å². The maximum atomic E-state index is 14.1. The molecule has 0 N–H and O–H groups in total. The number of rotatable bonds is 5. The first-order valence-corrected chi connectivity index (χ1v) is 12.4. The van der Waals surface area contributed by atoms with Gasteiger partial charge in [0.25, 0.3) is 0 Å². The summed E-state index contributed by atoms with van der Waals surface area (Å²) in [6.07, 6.45) is 3.91. The van der Waals surface area contributed by atoms with Crippen LogP contribution in [-0.2, 0) is 6.54 Å². The number of piperidine rings is 1. The van der Waals surface area contributed by atoms with Crippen molar-refractivity contribution in [3.63, 3.8) is 0 Å². The fraction of sp³-hybridized carbons (Fsp3) is 0.481. The first kappa shape index (κ1) is 22.8. The Bertz CT molecular complexity index is 1070. The lowest BCUT2D eigenvalue weighted by molar-refractivity contribution is 0.178. The minimum Gasteiger partial charge on any atom is -0.491 e. The van der Waals surface area contributed by atoms with Crippen LogP contribution in [0, 0.1) is 5.82 Å². The number of hydrogen-bond acceptors (Lipinski definition) is 4. The summed E-state index contributed by atoms with van der Waals surface area (Å²) in [6, 6.07) is 14.4. The molecule has 0 radical (unpaired) electrons. The summed E-state index contributed by atoms with van der Waals surface area (Å²) in [5.74, 6) is 1.44. The Morgan fingerprint density at radius 2 is 1.76 bits per heavy atom. The number of ether oxygens (including phenoxy) is 1. The van der Waals surface area contributed by atoms with Gasteiger partial charge in [-0.15, -0.1) is 0 Å². The average Bonchev–Trinajstić information content (AvgIpc) is 3.42. The Kier molecular flexibility index (Phi) is 6.30. The molecule has 0 aromatic heterocycles. The van der Waals surface area contributed by atoms with Gasteiger partial charge in [0.1, 0.15) is 22.9 Å². The van der Waals surface area contributed by atoms with E-state index in [9.17, 15) is 9.18 Å². The highest BCUT2D eigenvalue weighted by Crippen LogP contribution is 2.41. The van der Waals surface area contributed by atoms with E-state index < -0.39 is 5.54 Å². The molecule has 0 bridgehead atoms. The van der Waals surface area contributed by atoms with Gasteiger partial charge in [-0.25, -0.2) is 9.18 Å². The van der Waals surface area contributed by atoms with Crippen LogP contribution in [0.3, 0.4) is 0 Å². The second-order valence-corrected chi connectivity index (χ2v) is 9.85. The smallest absolute Gasteiger partial charge is 0.350 e. The van der Waals surface area contributed by atoms with Crippen LogP contribution in [0.25, 0.3) is 0 Å². The first-order valence-electron chi connectivity index (χ1n) is 12.4. The van der Waals surface area contributed by atoms with Crippen LogP contribution in [0.1, 0.15) is 45.1 Å². The SMILES string of the molecule is CC(C)Oc1cccc(CN2CCC3(CC2)C(N2CCCC2)=NC(=O)N3c2cccc(F)c2)c1. The normalized spacial score (nSPS) is 20.5. The van der Waals surface area contributed by atoms with Crippen molar-refractivity contribution in [1.82, 2.24) is 9.80 Å². The number of urea groups is 1. The Morgan fingerprint density at radius 3 is 2.47 bits per heavy atom. The fourth-order valence-corrected chi connectivity index (χ4v) is 5.57. The Hall–Kier alpha value is -2.93. The van der Waals surface area contributed by atoms with E-state index in [0.717, 1.165) is 70.0 Å². The molecule has 1 spiro atoms. The van der Waals surface area contributed by atoms with Gasteiger partial charge in [0.15, 0.2) is 0 Å². The zero-order chi connectivity index (χ0) is 23.7. The van der Waals surface area contributed by atoms with Crippen molar-refractivity contribution < 1.29 is 13.9 Å². The van der Waals surface area contributed by atoms with Crippen molar-refractivity contribution in [2.45, 2.75) is 57.7 Å². The first-order chi connectivity index (χ1) is 16.4. The molecule has 2 aromatic rings. The van der Waals surface area contributed by atoms with Crippen molar-refractivity contribution in [2.75, 3.05) is 31.1 Å². The van der Waals surface area contributed by atoms with Crippen molar-refractivity contribution in [3.05, 3.63) is 59.9 Å². The average molecular weight is 465 g/mol. The van der Waals surface area contributed by atoms with E-state index in [0.29, 0.717) is 5.69 Å². The molecule has 180 valence electrons. The number of carbonyl (C=O) groups is 1. The third-order valence-electron chi connectivity index (χ3n) is 7.07. The van der Waals surface area contributed by atoms with Crippen LogP contribution in [-0.4, -0.2) is 59.5 Å². The van der Waals surface area contributed by atoms with Crippen LogP contribution in [0.5, 0.6) is 5.75 Å². The van der Waals surface area contributed by atoms with Crippen molar-refractivity contribution in [1.29, 1.82) is 0 Å². The molecule has 2 fully saturated rings. The minimum absolute atomic E-state index is 0.141. The molecule has 0 aliphatic carbocycles. The molecule has 2 aromatic carbocycles. The van der Waals surface area contributed by atoms with Gasteiger partial charge in [0.05, 0.1) is 6.10 Å². The van der Waals surface area contributed by atoms with Gasteiger partial charge < -0.3 is 9.64 Å². The molecule has 3 aliphatic rings. The molecular formula is C27H33FN4O2. The summed E-state index contributed by atoms with van der Waals surface area (Å²) in [4.78, 5) is 24.2. The lowest BCUT2D eigenvalue weighted by Crippen LogP contribution is -2.61. The Morgan fingerprint density at radius 1 is 1.03 bits per heavy atom. The number of aliphatic imine (C=N–C) groups is 1. The number of benzene rings is 2. The Labute approximate surface area is 201 Å². The number of likely N-dealkylation sites (tertiary alicyclic amines) is 2. The predicted molar refractivity (Wildman–Crippen MR) is 132 cm³/mol. The lowest BCUT2D eigenvalue weighted by Gasteiger charge is -2.46. The number of amides is 2. The molecular weight excluding hydrogens is 431 g/mol. The molecule has 3 aliphatic heterocycles. The minimum atomic E-state index is -0.520. The second-order valence-electron chi connectivity index (χ2n) is 9.85. The van der Waals surface area contributed by atoms with E-state index in [1.54, 1.807) is 11.0 Å². The van der Waals surface area contributed by atoms with Crippen LogP contribution in [0.2, 0.25) is 0 Å². The van der Waals surface area contributed by atoms with Gasteiger partial charge in [-0.05, 0) is 75.4 Å². The molecule has 3 heterocycles. The highest BCUT2D eigenvalue weighted by atomic mass is 19.1. The molecule has 2 saturated heterocycles. The maximum Gasteiger partial charge on any atom is 0.350 e. The zero-order valence-electron chi connectivity index (χ0n) is 20.0. The largest absolute Gasteiger partial charge is 0.491 e. The summed E-state index contributed by atoms with van der Waals surface area (Å²) in [6.45, 7) is 8.42. The number of anilines is 1. The summed E-state index contributed by atoms with van der Waals surface area (Å²) in [7, 11) is 0. The molecule has 6 nitrogen and oxygen atoms in total. The van der Waals surface area contributed by atoms with Crippen LogP contribution in [0.15, 0.2) is 53.5 Å². The topological polar surface area (TPSA) is 48.4 Å². The van der Waals surface area contributed by atoms with Gasteiger partial charge in [0, 0.05) is 38.4 Å². The summed E-state index contributed by atoms with van der Waals surface area (Å²) < 4.78 is 20.0. The second kappa shape index (κ2) is 9.37. The van der Waals surface area contributed by atoms with Gasteiger partial charge in [-0.1, -0.05) is 18.2 Å². The third kappa shape index (κ3) is 4.41. The lowest BCUT2D eigenvalue weighted by atomic mass is 9.84. The quantitative estimate of drug-likeness (QED) is 0.619. The fourth-order valence-electron chi connectivity index (χ4n) is 5.57. The number of carbonyl (C=O) groups excluding carboxylic acids is 1. The highest BCUT2D eigenvalue weighted by molar-refractivity contribution is 6.16. The van der Waals surface area contributed by atoms with E-state index in [1.807, 2.05) is 32.0 Å². The van der Waals surface area contributed by atoms with Gasteiger partial charge in [0.2, 0.25) is 0 Å². The summed E-state index contributed by atoms with van der Waals surface area (Å²) in [5.41, 5.74) is 1.29. The van der Waals surface area contributed by atoms with E-state index in [4.69, 9.17) is 4.74 Å². The molecule has 0 saturated carbocycles. The van der Waals surface area contributed by atoms with E-state index in [1.165, 1.54) is 17.7 Å². The van der Waals surface area contributed by atoms with Crippen molar-refractivity contribution >= 4 is 17.6 Å². The molecule has 0 atom stereocenters. The zero-order valence-corrected chi connectivity index (χ0v) is 20.0. The van der Waals surface area contributed by atoms with E-state index in [2.05, 4.69) is 26.9 Å². The monoisotopic (exact) mass is 464 g/mol. The summed E-state index contributed by atoms with van der Waals surface area (Å²) in [5, 5.41) is 0. The van der Waals surface area contributed by atoms with Gasteiger partial charge in [-0.3, -0.25) is 9.80 Å². The van der Waals surface area contributed by atoms with Crippen LogP contribution in [0.4, 0.5) is 14.9 Å². The molecule has 34 heavy (non-hydrogen) atoms. The maximum absolute atomic E-state index is 14.1. The molecule has 0 unspecified atom stereocenters. The highest BCUT2D eigenvalue weighted by Gasteiger charge is 2.53. The third-order valence-corrected chi connectivity index (χ3v) is 7.07. The van der Waals surface area contributed by atoms with Crippen LogP contribution < -0.4 is 9.64 Å². The number of amidine groups is 1. The van der Waals surface area contributed by atoms with E-state index >= 15 is 0 Å². The van der Waals surface area contributed by atoms with Gasteiger partial charge >= 0.3 is 6.03 Å². The summed E-state index contributed by atoms with van der Waals surface area (Å²) >= 11 is 0. The molecule has 7 heteroatoms. The van der Waals surface area contributed by atoms with E-state index in [-0.39, 0.29) is 18.0 Å². The molecule has 2 amide bonds. The number of hydrogen-bond donors (Lipinski definition) is 0. The number of halogens is 1. The molecule has 5 rings (SSSR count). The predicted octanol–water partition coefficient (Wildman–Crippen LogP) is 5.08.